The van der Waals surface area contributed by atoms with Crippen molar-refractivity contribution in [2.45, 2.75) is 56.9 Å². The lowest BCUT2D eigenvalue weighted by molar-refractivity contribution is -0.448. The van der Waals surface area contributed by atoms with Gasteiger partial charge in [0.25, 0.3) is 5.67 Å². The monoisotopic (exact) mass is 539 g/mol. The molecule has 0 rings (SSSR count). The highest BCUT2D eigenvalue weighted by Gasteiger charge is 2.77. The molecule has 204 valence electrons. The number of hydrogen-bond acceptors (Lipinski definition) is 7. The van der Waals surface area contributed by atoms with E-state index in [0.717, 1.165) is 0 Å². The number of ether oxygens (including phenoxy) is 4. The van der Waals surface area contributed by atoms with Gasteiger partial charge in [-0.15, -0.1) is 0 Å². The highest BCUT2D eigenvalue weighted by molar-refractivity contribution is 5.86. The fourth-order valence-electron chi connectivity index (χ4n) is 1.61. The summed E-state index contributed by atoms with van der Waals surface area (Å²) in [4.78, 5) is 34.1. The van der Waals surface area contributed by atoms with Gasteiger partial charge in [0, 0.05) is 5.57 Å². The Morgan fingerprint density at radius 2 is 1.43 bits per heavy atom. The van der Waals surface area contributed by atoms with Crippen LogP contribution in [0.15, 0.2) is 12.2 Å². The third-order valence-electron chi connectivity index (χ3n) is 3.69. The van der Waals surface area contributed by atoms with Gasteiger partial charge < -0.3 is 19.5 Å². The van der Waals surface area contributed by atoms with Gasteiger partial charge in [-0.2, -0.15) is 39.5 Å². The standard InChI is InChI=1S/C17H19F10NO7/c1-8(2)10(29)32-6-5-28-12(31)33-7-9(3)34-11(30)14(19,16(23,24)25)35-17(26,27)13(4,18)15(20,21)22/h9H,1,5-7H2,2-4H3,(H,28,31). The molecule has 0 aliphatic heterocycles. The number of alkyl halides is 10. The number of alkyl carbamates (subject to hydrolysis) is 1. The number of halogens is 10. The lowest BCUT2D eigenvalue weighted by Gasteiger charge is -2.36. The summed E-state index contributed by atoms with van der Waals surface area (Å²) in [7, 11) is 0. The molecule has 0 aromatic heterocycles. The molecule has 0 spiro atoms. The highest BCUT2D eigenvalue weighted by atomic mass is 19.4. The molecule has 0 aromatic carbocycles. The van der Waals surface area contributed by atoms with Crippen molar-refractivity contribution in [1.29, 1.82) is 0 Å². The first-order chi connectivity index (χ1) is 15.5. The van der Waals surface area contributed by atoms with Crippen molar-refractivity contribution in [2.24, 2.45) is 0 Å². The van der Waals surface area contributed by atoms with E-state index in [2.05, 4.69) is 25.5 Å². The van der Waals surface area contributed by atoms with Crippen molar-refractivity contribution in [2.75, 3.05) is 19.8 Å². The third-order valence-corrected chi connectivity index (χ3v) is 3.69. The lowest BCUT2D eigenvalue weighted by atomic mass is 10.1. The summed E-state index contributed by atoms with van der Waals surface area (Å²) in [5.74, 6) is -10.4. The van der Waals surface area contributed by atoms with Gasteiger partial charge in [-0.25, -0.2) is 18.8 Å². The minimum Gasteiger partial charge on any atom is -0.460 e. The number of carbonyl (C=O) groups is 3. The third kappa shape index (κ3) is 8.43. The molecular formula is C17H19F10NO7. The van der Waals surface area contributed by atoms with Crippen molar-refractivity contribution >= 4 is 18.0 Å². The molecule has 35 heavy (non-hydrogen) atoms. The minimum atomic E-state index is -6.76. The zero-order valence-corrected chi connectivity index (χ0v) is 18.0. The summed E-state index contributed by atoms with van der Waals surface area (Å²) in [5.41, 5.74) is -5.81. The fraction of sp³-hybridized carbons (Fsp3) is 0.706. The smallest absolute Gasteiger partial charge is 0.460 e. The first-order valence-corrected chi connectivity index (χ1v) is 9.03. The predicted molar refractivity (Wildman–Crippen MR) is 92.2 cm³/mol. The Morgan fingerprint density at radius 3 is 1.86 bits per heavy atom. The van der Waals surface area contributed by atoms with Crippen LogP contribution in [0.5, 0.6) is 0 Å². The molecule has 3 unspecified atom stereocenters. The van der Waals surface area contributed by atoms with Gasteiger partial charge in [0.15, 0.2) is 0 Å². The van der Waals surface area contributed by atoms with Crippen LogP contribution >= 0.6 is 0 Å². The van der Waals surface area contributed by atoms with Gasteiger partial charge >= 0.3 is 42.3 Å². The molecule has 0 saturated carbocycles. The van der Waals surface area contributed by atoms with Crippen LogP contribution in [-0.4, -0.2) is 73.9 Å². The van der Waals surface area contributed by atoms with E-state index in [4.69, 9.17) is 0 Å². The average Bonchev–Trinajstić information content (AvgIpc) is 2.66. The molecule has 0 aromatic rings. The van der Waals surface area contributed by atoms with Gasteiger partial charge in [-0.3, -0.25) is 4.74 Å². The average molecular weight is 539 g/mol. The molecule has 0 aliphatic carbocycles. The van der Waals surface area contributed by atoms with E-state index < -0.39 is 67.7 Å². The topological polar surface area (TPSA) is 100 Å². The van der Waals surface area contributed by atoms with Gasteiger partial charge in [-0.1, -0.05) is 6.58 Å². The largest absolute Gasteiger partial charge is 0.460 e. The Kier molecular flexibility index (Phi) is 10.4. The number of nitrogens with one attached hydrogen (secondary N) is 1. The second-order valence-corrected chi connectivity index (χ2v) is 6.87. The molecule has 1 N–H and O–H groups in total. The summed E-state index contributed by atoms with van der Waals surface area (Å²) in [6.07, 6.45) is -23.2. The summed E-state index contributed by atoms with van der Waals surface area (Å²) in [6, 6.07) is 0. The molecule has 0 heterocycles. The Bertz CT molecular complexity index is 797. The second kappa shape index (κ2) is 11.3. The van der Waals surface area contributed by atoms with Crippen molar-refractivity contribution in [3.05, 3.63) is 12.2 Å². The Balaban J connectivity index is 5.15. The maximum absolute atomic E-state index is 14.2. The minimum absolute atomic E-state index is 0.0438. The summed E-state index contributed by atoms with van der Waals surface area (Å²) in [6.45, 7) is 2.52. The number of amides is 1. The van der Waals surface area contributed by atoms with Crippen LogP contribution in [0, 0.1) is 0 Å². The van der Waals surface area contributed by atoms with Crippen molar-refractivity contribution in [3.63, 3.8) is 0 Å². The zero-order chi connectivity index (χ0) is 28.0. The normalized spacial score (nSPS) is 16.8. The summed E-state index contributed by atoms with van der Waals surface area (Å²) >= 11 is 0. The molecular weight excluding hydrogens is 520 g/mol. The maximum atomic E-state index is 14.2. The lowest BCUT2D eigenvalue weighted by Crippen LogP contribution is -2.62. The predicted octanol–water partition coefficient (Wildman–Crippen LogP) is 3.89. The van der Waals surface area contributed by atoms with Crippen LogP contribution < -0.4 is 5.32 Å². The molecule has 0 saturated heterocycles. The molecule has 0 radical (unpaired) electrons. The van der Waals surface area contributed by atoms with Crippen LogP contribution in [0.2, 0.25) is 0 Å². The molecule has 0 aliphatic rings. The van der Waals surface area contributed by atoms with E-state index in [9.17, 15) is 58.3 Å². The first-order valence-electron chi connectivity index (χ1n) is 9.03. The number of carbonyl (C=O) groups excluding carboxylic acids is 3. The van der Waals surface area contributed by atoms with Crippen LogP contribution in [-0.2, 0) is 28.5 Å². The second-order valence-electron chi connectivity index (χ2n) is 6.87. The van der Waals surface area contributed by atoms with E-state index in [0.29, 0.717) is 6.92 Å². The Morgan fingerprint density at radius 1 is 0.914 bits per heavy atom. The van der Waals surface area contributed by atoms with Gasteiger partial charge in [0.05, 0.1) is 6.54 Å². The van der Waals surface area contributed by atoms with E-state index >= 15 is 0 Å². The summed E-state index contributed by atoms with van der Waals surface area (Å²) in [5, 5.41) is 1.97. The maximum Gasteiger partial charge on any atom is 0.460 e. The Hall–Kier alpha value is -2.79. The highest BCUT2D eigenvalue weighted by Crippen LogP contribution is 2.50. The number of esters is 2. The molecule has 1 amide bonds. The molecule has 0 bridgehead atoms. The number of rotatable bonds is 11. The van der Waals surface area contributed by atoms with E-state index in [1.165, 1.54) is 6.92 Å². The first kappa shape index (κ1) is 32.2. The van der Waals surface area contributed by atoms with Crippen molar-refractivity contribution < 1.29 is 77.2 Å². The molecule has 3 atom stereocenters. The van der Waals surface area contributed by atoms with Gasteiger partial charge in [-0.05, 0) is 20.8 Å². The molecule has 18 heteroatoms. The van der Waals surface area contributed by atoms with Crippen LogP contribution in [0.3, 0.4) is 0 Å². The van der Waals surface area contributed by atoms with Crippen LogP contribution in [0.25, 0.3) is 0 Å². The molecule has 0 fully saturated rings. The van der Waals surface area contributed by atoms with Crippen molar-refractivity contribution in [3.8, 4) is 0 Å². The SMILES string of the molecule is C=C(C)C(=O)OCCNC(=O)OCC(C)OC(=O)C(F)(OC(F)(F)C(C)(F)C(F)(F)F)C(F)(F)F. The van der Waals surface area contributed by atoms with Gasteiger partial charge in [0.2, 0.25) is 0 Å². The van der Waals surface area contributed by atoms with Crippen LogP contribution in [0.1, 0.15) is 20.8 Å². The quantitative estimate of drug-likeness (QED) is 0.140. The molecule has 8 nitrogen and oxygen atoms in total. The summed E-state index contributed by atoms with van der Waals surface area (Å²) < 4.78 is 146. The number of hydrogen-bond donors (Lipinski definition) is 1. The zero-order valence-electron chi connectivity index (χ0n) is 18.0. The van der Waals surface area contributed by atoms with Crippen molar-refractivity contribution in [1.82, 2.24) is 5.32 Å². The Labute approximate surface area is 190 Å². The van der Waals surface area contributed by atoms with Crippen LogP contribution in [0.4, 0.5) is 48.7 Å². The van der Waals surface area contributed by atoms with E-state index in [-0.39, 0.29) is 18.7 Å². The fourth-order valence-corrected chi connectivity index (χ4v) is 1.61. The van der Waals surface area contributed by atoms with E-state index in [1.54, 1.807) is 0 Å². The van der Waals surface area contributed by atoms with E-state index in [1.807, 2.05) is 5.32 Å². The van der Waals surface area contributed by atoms with Gasteiger partial charge in [0.1, 0.15) is 19.3 Å².